The van der Waals surface area contributed by atoms with E-state index >= 15 is 0 Å². The lowest BCUT2D eigenvalue weighted by Gasteiger charge is -2.31. The summed E-state index contributed by atoms with van der Waals surface area (Å²) in [6, 6.07) is 7.81. The minimum absolute atomic E-state index is 0.0174. The molecule has 0 radical (unpaired) electrons. The number of ether oxygens (including phenoxy) is 1. The fourth-order valence-corrected chi connectivity index (χ4v) is 2.45. The Bertz CT molecular complexity index is 460. The number of rotatable bonds is 8. The molecule has 0 fully saturated rings. The lowest BCUT2D eigenvalue weighted by atomic mass is 9.90. The van der Waals surface area contributed by atoms with Crippen molar-refractivity contribution in [2.75, 3.05) is 13.2 Å². The molecular formula is C17H28N2O2. The first-order chi connectivity index (χ1) is 9.84. The zero-order chi connectivity index (χ0) is 15.9. The first-order valence-electron chi connectivity index (χ1n) is 7.55. The molecule has 0 aromatic heterocycles. The number of hydrogen-bond donors (Lipinski definition) is 2. The van der Waals surface area contributed by atoms with Crippen LogP contribution in [0.25, 0.3) is 0 Å². The lowest BCUT2D eigenvalue weighted by Crippen LogP contribution is -2.52. The van der Waals surface area contributed by atoms with Gasteiger partial charge >= 0.3 is 0 Å². The minimum atomic E-state index is -0.339. The van der Waals surface area contributed by atoms with Gasteiger partial charge in [-0.2, -0.15) is 0 Å². The second kappa shape index (κ2) is 8.03. The van der Waals surface area contributed by atoms with Crippen molar-refractivity contribution in [1.82, 2.24) is 5.32 Å². The van der Waals surface area contributed by atoms with Gasteiger partial charge in [-0.3, -0.25) is 4.79 Å². The fraction of sp³-hybridized carbons (Fsp3) is 0.588. The third-order valence-corrected chi connectivity index (χ3v) is 3.34. The number of nitrogens with two attached hydrogens (primary N) is 1. The number of carbonyl (C=O) groups excluding carboxylic acids is 1. The molecule has 1 unspecified atom stereocenters. The van der Waals surface area contributed by atoms with Gasteiger partial charge in [0.05, 0.1) is 13.0 Å². The van der Waals surface area contributed by atoms with E-state index in [1.165, 1.54) is 0 Å². The van der Waals surface area contributed by atoms with E-state index in [1.807, 2.05) is 38.1 Å². The average Bonchev–Trinajstić information content (AvgIpc) is 2.37. The van der Waals surface area contributed by atoms with Crippen LogP contribution in [0.2, 0.25) is 0 Å². The SMILES string of the molecule is Cc1cccc(OCCC(=O)NC(C)(CN)CC(C)C)c1. The number of aryl methyl sites for hydroxylation is 1. The van der Waals surface area contributed by atoms with Crippen LogP contribution in [0, 0.1) is 12.8 Å². The molecule has 0 saturated heterocycles. The van der Waals surface area contributed by atoms with Crippen LogP contribution in [0.15, 0.2) is 24.3 Å². The Hall–Kier alpha value is -1.55. The predicted molar refractivity (Wildman–Crippen MR) is 86.3 cm³/mol. The van der Waals surface area contributed by atoms with Gasteiger partial charge in [0.1, 0.15) is 5.75 Å². The topological polar surface area (TPSA) is 64.3 Å². The summed E-state index contributed by atoms with van der Waals surface area (Å²) in [7, 11) is 0. The highest BCUT2D eigenvalue weighted by molar-refractivity contribution is 5.76. The summed E-state index contributed by atoms with van der Waals surface area (Å²) in [4.78, 5) is 12.0. The van der Waals surface area contributed by atoms with Gasteiger partial charge in [0.2, 0.25) is 5.91 Å². The summed E-state index contributed by atoms with van der Waals surface area (Å²) in [5, 5.41) is 3.03. The number of hydrogen-bond acceptors (Lipinski definition) is 3. The molecule has 118 valence electrons. The number of nitrogens with one attached hydrogen (secondary N) is 1. The van der Waals surface area contributed by atoms with Crippen LogP contribution in [-0.2, 0) is 4.79 Å². The molecule has 4 nitrogen and oxygen atoms in total. The normalized spacial score (nSPS) is 13.8. The first kappa shape index (κ1) is 17.5. The third kappa shape index (κ3) is 6.63. The van der Waals surface area contributed by atoms with Crippen molar-refractivity contribution in [3.63, 3.8) is 0 Å². The van der Waals surface area contributed by atoms with Crippen molar-refractivity contribution < 1.29 is 9.53 Å². The van der Waals surface area contributed by atoms with E-state index in [4.69, 9.17) is 10.5 Å². The molecule has 1 aromatic rings. The number of amides is 1. The van der Waals surface area contributed by atoms with E-state index in [9.17, 15) is 4.79 Å². The van der Waals surface area contributed by atoms with E-state index in [2.05, 4.69) is 19.2 Å². The summed E-state index contributed by atoms with van der Waals surface area (Å²) >= 11 is 0. The van der Waals surface area contributed by atoms with Gasteiger partial charge < -0.3 is 15.8 Å². The molecule has 0 aliphatic rings. The maximum absolute atomic E-state index is 12.0. The van der Waals surface area contributed by atoms with Crippen LogP contribution in [-0.4, -0.2) is 24.6 Å². The second-order valence-corrected chi connectivity index (χ2v) is 6.33. The Labute approximate surface area is 128 Å². The van der Waals surface area contributed by atoms with E-state index in [0.717, 1.165) is 17.7 Å². The molecule has 0 aliphatic carbocycles. The maximum atomic E-state index is 12.0. The van der Waals surface area contributed by atoms with Crippen LogP contribution >= 0.6 is 0 Å². The first-order valence-corrected chi connectivity index (χ1v) is 7.55. The van der Waals surface area contributed by atoms with Gasteiger partial charge in [0.25, 0.3) is 0 Å². The summed E-state index contributed by atoms with van der Waals surface area (Å²) in [6.07, 6.45) is 1.20. The van der Waals surface area contributed by atoms with Crippen molar-refractivity contribution in [3.8, 4) is 5.75 Å². The molecule has 0 spiro atoms. The van der Waals surface area contributed by atoms with E-state index in [0.29, 0.717) is 25.5 Å². The predicted octanol–water partition coefficient (Wildman–Crippen LogP) is 2.64. The van der Waals surface area contributed by atoms with Crippen LogP contribution in [0.1, 0.15) is 39.2 Å². The molecule has 0 heterocycles. The Morgan fingerprint density at radius 3 is 2.71 bits per heavy atom. The molecule has 1 rings (SSSR count). The third-order valence-electron chi connectivity index (χ3n) is 3.34. The lowest BCUT2D eigenvalue weighted by molar-refractivity contribution is -0.123. The van der Waals surface area contributed by atoms with Gasteiger partial charge in [0.15, 0.2) is 0 Å². The Morgan fingerprint density at radius 1 is 1.43 bits per heavy atom. The minimum Gasteiger partial charge on any atom is -0.493 e. The highest BCUT2D eigenvalue weighted by Gasteiger charge is 2.25. The van der Waals surface area contributed by atoms with Gasteiger partial charge in [0, 0.05) is 12.1 Å². The summed E-state index contributed by atoms with van der Waals surface area (Å²) in [6.45, 7) is 9.07. The van der Waals surface area contributed by atoms with Gasteiger partial charge in [-0.15, -0.1) is 0 Å². The Balaban J connectivity index is 2.39. The Kier molecular flexibility index (Phi) is 6.69. The highest BCUT2D eigenvalue weighted by atomic mass is 16.5. The van der Waals surface area contributed by atoms with Gasteiger partial charge in [-0.05, 0) is 43.9 Å². The van der Waals surface area contributed by atoms with Gasteiger partial charge in [-0.1, -0.05) is 26.0 Å². The van der Waals surface area contributed by atoms with Crippen LogP contribution in [0.3, 0.4) is 0 Å². The molecule has 0 saturated carbocycles. The molecule has 21 heavy (non-hydrogen) atoms. The quantitative estimate of drug-likeness (QED) is 0.774. The smallest absolute Gasteiger partial charge is 0.223 e. The standard InChI is InChI=1S/C17H28N2O2/c1-13(2)11-17(4,12-18)19-16(20)8-9-21-15-7-5-6-14(3)10-15/h5-7,10,13H,8-9,11-12,18H2,1-4H3,(H,19,20). The molecule has 3 N–H and O–H groups in total. The summed E-state index contributed by atoms with van der Waals surface area (Å²) in [5.41, 5.74) is 6.60. The zero-order valence-corrected chi connectivity index (χ0v) is 13.6. The van der Waals surface area contributed by atoms with Crippen molar-refractivity contribution in [1.29, 1.82) is 0 Å². The number of carbonyl (C=O) groups is 1. The molecule has 0 aliphatic heterocycles. The number of benzene rings is 1. The highest BCUT2D eigenvalue weighted by Crippen LogP contribution is 2.16. The van der Waals surface area contributed by atoms with E-state index in [-0.39, 0.29) is 11.4 Å². The van der Waals surface area contributed by atoms with Crippen LogP contribution in [0.5, 0.6) is 5.75 Å². The van der Waals surface area contributed by atoms with Crippen molar-refractivity contribution in [3.05, 3.63) is 29.8 Å². The molecule has 4 heteroatoms. The van der Waals surface area contributed by atoms with E-state index in [1.54, 1.807) is 0 Å². The fourth-order valence-electron chi connectivity index (χ4n) is 2.45. The zero-order valence-electron chi connectivity index (χ0n) is 13.6. The summed E-state index contributed by atoms with van der Waals surface area (Å²) in [5.74, 6) is 1.27. The van der Waals surface area contributed by atoms with Crippen molar-refractivity contribution in [2.45, 2.75) is 46.1 Å². The monoisotopic (exact) mass is 292 g/mol. The molecule has 1 atom stereocenters. The molecule has 1 aromatic carbocycles. The van der Waals surface area contributed by atoms with Gasteiger partial charge in [-0.25, -0.2) is 0 Å². The van der Waals surface area contributed by atoms with E-state index < -0.39 is 0 Å². The second-order valence-electron chi connectivity index (χ2n) is 6.33. The van der Waals surface area contributed by atoms with Crippen LogP contribution in [0.4, 0.5) is 0 Å². The van der Waals surface area contributed by atoms with Crippen molar-refractivity contribution >= 4 is 5.91 Å². The Morgan fingerprint density at radius 2 is 2.14 bits per heavy atom. The molecule has 1 amide bonds. The summed E-state index contributed by atoms with van der Waals surface area (Å²) < 4.78 is 5.59. The van der Waals surface area contributed by atoms with Crippen LogP contribution < -0.4 is 15.8 Å². The average molecular weight is 292 g/mol. The maximum Gasteiger partial charge on any atom is 0.223 e. The molecular weight excluding hydrogens is 264 g/mol. The molecule has 0 bridgehead atoms. The largest absolute Gasteiger partial charge is 0.493 e. The van der Waals surface area contributed by atoms with Crippen molar-refractivity contribution in [2.24, 2.45) is 11.7 Å².